The molecule has 1 aliphatic rings. The number of piperidine rings is 1. The molecule has 0 aliphatic carbocycles. The molecule has 0 unspecified atom stereocenters. The van der Waals surface area contributed by atoms with Crippen LogP contribution in [-0.4, -0.2) is 27.5 Å². The predicted octanol–water partition coefficient (Wildman–Crippen LogP) is 1.20. The smallest absolute Gasteiger partial charge is 0.233 e. The van der Waals surface area contributed by atoms with Gasteiger partial charge >= 0.3 is 0 Å². The summed E-state index contributed by atoms with van der Waals surface area (Å²) in [5, 5.41) is 3.44. The van der Waals surface area contributed by atoms with Crippen LogP contribution in [0.2, 0.25) is 0 Å². The first kappa shape index (κ1) is 8.85. The largest absolute Gasteiger partial charge is 0.316 e. The highest BCUT2D eigenvalue weighted by Gasteiger charge is 2.17. The van der Waals surface area contributed by atoms with Gasteiger partial charge in [0.1, 0.15) is 0 Å². The second-order valence-electron chi connectivity index (χ2n) is 4.01. The van der Waals surface area contributed by atoms with E-state index in [1.165, 1.54) is 18.5 Å². The lowest BCUT2D eigenvalue weighted by atomic mass is 9.96. The fraction of sp³-hybridized carbons (Fsp3) is 0.455. The third kappa shape index (κ3) is 1.51. The van der Waals surface area contributed by atoms with Gasteiger partial charge in [0.05, 0.1) is 0 Å². The molecule has 1 saturated heterocycles. The van der Waals surface area contributed by atoms with Gasteiger partial charge in [-0.1, -0.05) is 0 Å². The zero-order valence-electron chi connectivity index (χ0n) is 8.56. The molecule has 0 bridgehead atoms. The van der Waals surface area contributed by atoms with Gasteiger partial charge < -0.3 is 5.32 Å². The lowest BCUT2D eigenvalue weighted by Gasteiger charge is -2.23. The van der Waals surface area contributed by atoms with Gasteiger partial charge in [0, 0.05) is 36.7 Å². The standard InChI is InChI=1S/C11H14N4/c1-2-9(8-12-4-1)10-3-5-13-11-14-6-7-15(10)11/h3,5-7,9,12H,1-2,4,8H2/t9-/m0/s1. The highest BCUT2D eigenvalue weighted by atomic mass is 15.1. The summed E-state index contributed by atoms with van der Waals surface area (Å²) < 4.78 is 2.09. The number of imidazole rings is 1. The Morgan fingerprint density at radius 1 is 1.33 bits per heavy atom. The molecule has 3 heterocycles. The molecule has 15 heavy (non-hydrogen) atoms. The molecule has 1 atom stereocenters. The van der Waals surface area contributed by atoms with Gasteiger partial charge in [0.25, 0.3) is 0 Å². The maximum absolute atomic E-state index is 4.23. The second kappa shape index (κ2) is 3.62. The SMILES string of the molecule is c1cc([C@H]2CCCNC2)n2ccnc2n1. The molecule has 1 fully saturated rings. The van der Waals surface area contributed by atoms with Crippen LogP contribution in [0.4, 0.5) is 0 Å². The number of rotatable bonds is 1. The summed E-state index contributed by atoms with van der Waals surface area (Å²) in [6.45, 7) is 2.21. The minimum absolute atomic E-state index is 0.596. The number of hydrogen-bond acceptors (Lipinski definition) is 3. The quantitative estimate of drug-likeness (QED) is 0.755. The van der Waals surface area contributed by atoms with Gasteiger partial charge in [-0.3, -0.25) is 4.40 Å². The molecule has 2 aromatic heterocycles. The lowest BCUT2D eigenvalue weighted by molar-refractivity contribution is 0.451. The van der Waals surface area contributed by atoms with Crippen molar-refractivity contribution in [3.63, 3.8) is 0 Å². The summed E-state index contributed by atoms with van der Waals surface area (Å²) in [5.74, 6) is 1.40. The van der Waals surface area contributed by atoms with Crippen LogP contribution >= 0.6 is 0 Å². The van der Waals surface area contributed by atoms with Crippen molar-refractivity contribution in [1.29, 1.82) is 0 Å². The molecule has 0 aromatic carbocycles. The molecule has 1 aliphatic heterocycles. The molecule has 1 N–H and O–H groups in total. The molecular weight excluding hydrogens is 188 g/mol. The molecule has 0 amide bonds. The topological polar surface area (TPSA) is 42.2 Å². The maximum atomic E-state index is 4.23. The van der Waals surface area contributed by atoms with Gasteiger partial charge in [-0.25, -0.2) is 9.97 Å². The summed E-state index contributed by atoms with van der Waals surface area (Å²) in [6.07, 6.45) is 8.16. The van der Waals surface area contributed by atoms with Crippen molar-refractivity contribution in [2.45, 2.75) is 18.8 Å². The Kier molecular flexibility index (Phi) is 2.14. The minimum atomic E-state index is 0.596. The van der Waals surface area contributed by atoms with E-state index in [2.05, 4.69) is 25.8 Å². The fourth-order valence-corrected chi connectivity index (χ4v) is 2.29. The Morgan fingerprint density at radius 2 is 2.27 bits per heavy atom. The summed E-state index contributed by atoms with van der Waals surface area (Å²) in [5.41, 5.74) is 1.32. The van der Waals surface area contributed by atoms with Crippen molar-refractivity contribution >= 4 is 5.78 Å². The van der Waals surface area contributed by atoms with Crippen molar-refractivity contribution in [2.24, 2.45) is 0 Å². The molecule has 4 heteroatoms. The molecule has 3 rings (SSSR count). The average Bonchev–Trinajstić information content (AvgIpc) is 2.78. The first-order valence-electron chi connectivity index (χ1n) is 5.44. The monoisotopic (exact) mass is 202 g/mol. The number of nitrogens with zero attached hydrogens (tertiary/aromatic N) is 3. The fourth-order valence-electron chi connectivity index (χ4n) is 2.29. The van der Waals surface area contributed by atoms with Crippen LogP contribution < -0.4 is 5.32 Å². The summed E-state index contributed by atoms with van der Waals surface area (Å²) in [4.78, 5) is 8.43. The third-order valence-electron chi connectivity index (χ3n) is 3.05. The first-order valence-corrected chi connectivity index (χ1v) is 5.44. The van der Waals surface area contributed by atoms with Crippen LogP contribution in [0, 0.1) is 0 Å². The van der Waals surface area contributed by atoms with Gasteiger partial charge in [0.2, 0.25) is 5.78 Å². The van der Waals surface area contributed by atoms with E-state index in [1.807, 2.05) is 18.6 Å². The van der Waals surface area contributed by atoms with E-state index in [1.54, 1.807) is 0 Å². The van der Waals surface area contributed by atoms with Gasteiger partial charge in [0.15, 0.2) is 0 Å². The van der Waals surface area contributed by atoms with Crippen molar-refractivity contribution < 1.29 is 0 Å². The Morgan fingerprint density at radius 3 is 3.13 bits per heavy atom. The highest BCUT2D eigenvalue weighted by molar-refractivity contribution is 5.31. The maximum Gasteiger partial charge on any atom is 0.233 e. The van der Waals surface area contributed by atoms with Crippen molar-refractivity contribution in [3.8, 4) is 0 Å². The zero-order valence-corrected chi connectivity index (χ0v) is 8.56. The molecule has 4 nitrogen and oxygen atoms in total. The van der Waals surface area contributed by atoms with E-state index in [0.29, 0.717) is 5.92 Å². The molecule has 0 radical (unpaired) electrons. The summed E-state index contributed by atoms with van der Waals surface area (Å²) in [7, 11) is 0. The van der Waals surface area contributed by atoms with Crippen LogP contribution in [0.3, 0.4) is 0 Å². The second-order valence-corrected chi connectivity index (χ2v) is 4.01. The molecule has 0 saturated carbocycles. The Labute approximate surface area is 88.4 Å². The highest BCUT2D eigenvalue weighted by Crippen LogP contribution is 2.22. The van der Waals surface area contributed by atoms with Crippen molar-refractivity contribution in [2.75, 3.05) is 13.1 Å². The van der Waals surface area contributed by atoms with Crippen LogP contribution in [-0.2, 0) is 0 Å². The van der Waals surface area contributed by atoms with Gasteiger partial charge in [-0.2, -0.15) is 0 Å². The van der Waals surface area contributed by atoms with Crippen molar-refractivity contribution in [1.82, 2.24) is 19.7 Å². The number of fused-ring (bicyclic) bond motifs is 1. The predicted molar refractivity (Wildman–Crippen MR) is 57.8 cm³/mol. The first-order chi connectivity index (χ1) is 7.45. The number of aromatic nitrogens is 3. The molecular formula is C11H14N4. The van der Waals surface area contributed by atoms with E-state index in [-0.39, 0.29) is 0 Å². The van der Waals surface area contributed by atoms with Crippen LogP contribution in [0.1, 0.15) is 24.5 Å². The van der Waals surface area contributed by atoms with Crippen LogP contribution in [0.25, 0.3) is 5.78 Å². The lowest BCUT2D eigenvalue weighted by Crippen LogP contribution is -2.29. The van der Waals surface area contributed by atoms with E-state index in [0.717, 1.165) is 18.9 Å². The van der Waals surface area contributed by atoms with Crippen LogP contribution in [0.5, 0.6) is 0 Å². The number of hydrogen-bond donors (Lipinski definition) is 1. The Bertz CT molecular complexity index is 456. The third-order valence-corrected chi connectivity index (χ3v) is 3.05. The molecule has 78 valence electrons. The number of nitrogens with one attached hydrogen (secondary N) is 1. The Balaban J connectivity index is 2.05. The normalized spacial score (nSPS) is 22.0. The average molecular weight is 202 g/mol. The minimum Gasteiger partial charge on any atom is -0.316 e. The van der Waals surface area contributed by atoms with E-state index >= 15 is 0 Å². The summed E-state index contributed by atoms with van der Waals surface area (Å²) in [6, 6.07) is 2.10. The van der Waals surface area contributed by atoms with Crippen LogP contribution in [0.15, 0.2) is 24.7 Å². The Hall–Kier alpha value is -1.42. The molecule has 2 aromatic rings. The molecule has 0 spiro atoms. The summed E-state index contributed by atoms with van der Waals surface area (Å²) >= 11 is 0. The van der Waals surface area contributed by atoms with Gasteiger partial charge in [-0.15, -0.1) is 0 Å². The van der Waals surface area contributed by atoms with E-state index < -0.39 is 0 Å². The van der Waals surface area contributed by atoms with E-state index in [9.17, 15) is 0 Å². The van der Waals surface area contributed by atoms with Gasteiger partial charge in [-0.05, 0) is 25.5 Å². The van der Waals surface area contributed by atoms with E-state index in [4.69, 9.17) is 0 Å². The van der Waals surface area contributed by atoms with Crippen molar-refractivity contribution in [3.05, 3.63) is 30.4 Å². The zero-order chi connectivity index (χ0) is 10.1.